The Bertz CT molecular complexity index is 1010. The van der Waals surface area contributed by atoms with Gasteiger partial charge in [-0.25, -0.2) is 0 Å². The molecule has 3 rings (SSSR count). The molecular weight excluding hydrogens is 400 g/mol. The van der Waals surface area contributed by atoms with Crippen LogP contribution in [0.1, 0.15) is 25.3 Å². The van der Waals surface area contributed by atoms with E-state index in [9.17, 15) is 14.9 Å². The fourth-order valence-corrected chi connectivity index (χ4v) is 3.42. The first-order valence-corrected chi connectivity index (χ1v) is 10.6. The molecule has 1 N–H and O–H groups in total. The van der Waals surface area contributed by atoms with Crippen molar-refractivity contribution in [3.63, 3.8) is 0 Å². The average Bonchev–Trinajstić information content (AvgIpc) is 2.77. The van der Waals surface area contributed by atoms with Crippen LogP contribution in [0.15, 0.2) is 65.7 Å². The Morgan fingerprint density at radius 3 is 2.57 bits per heavy atom. The highest BCUT2D eigenvalue weighted by Gasteiger charge is 2.10. The summed E-state index contributed by atoms with van der Waals surface area (Å²) in [5.41, 5.74) is 3.20. The molecule has 0 saturated carbocycles. The number of hydrogen-bond acceptors (Lipinski definition) is 6. The molecule has 0 aliphatic heterocycles. The molecule has 0 atom stereocenters. The van der Waals surface area contributed by atoms with Crippen LogP contribution in [-0.2, 0) is 11.2 Å². The zero-order chi connectivity index (χ0) is 21.3. The van der Waals surface area contributed by atoms with Gasteiger partial charge in [0.2, 0.25) is 5.91 Å². The van der Waals surface area contributed by atoms with Crippen LogP contribution in [0.2, 0.25) is 0 Å². The smallest absolute Gasteiger partial charge is 0.270 e. The highest BCUT2D eigenvalue weighted by atomic mass is 32.2. The van der Waals surface area contributed by atoms with Crippen LogP contribution in [0.5, 0.6) is 0 Å². The fourth-order valence-electron chi connectivity index (χ4n) is 2.80. The second-order valence-electron chi connectivity index (χ2n) is 6.70. The summed E-state index contributed by atoms with van der Waals surface area (Å²) in [5, 5.41) is 22.6. The highest BCUT2D eigenvalue weighted by molar-refractivity contribution is 7.99. The molecule has 7 nitrogen and oxygen atoms in total. The lowest BCUT2D eigenvalue weighted by Gasteiger charge is -2.06. The van der Waals surface area contributed by atoms with Crippen molar-refractivity contribution < 1.29 is 9.72 Å². The van der Waals surface area contributed by atoms with Gasteiger partial charge in [-0.2, -0.15) is 0 Å². The number of carbonyl (C=O) groups excluding carboxylic acids is 1. The molecule has 1 amide bonds. The maximum absolute atomic E-state index is 12.2. The van der Waals surface area contributed by atoms with Crippen molar-refractivity contribution in [3.8, 4) is 11.3 Å². The number of aryl methyl sites for hydroxylation is 1. The van der Waals surface area contributed by atoms with Crippen molar-refractivity contribution in [2.45, 2.75) is 31.2 Å². The Morgan fingerprint density at radius 1 is 1.10 bits per heavy atom. The van der Waals surface area contributed by atoms with Gasteiger partial charge in [-0.15, -0.1) is 10.2 Å². The number of carbonyl (C=O) groups is 1. The van der Waals surface area contributed by atoms with E-state index in [1.165, 1.54) is 29.5 Å². The predicted octanol–water partition coefficient (Wildman–Crippen LogP) is 5.13. The monoisotopic (exact) mass is 422 g/mol. The maximum Gasteiger partial charge on any atom is 0.270 e. The number of nitrogens with one attached hydrogen (secondary N) is 1. The normalized spacial score (nSPS) is 10.6. The average molecular weight is 423 g/mol. The van der Waals surface area contributed by atoms with Crippen LogP contribution in [-0.4, -0.2) is 26.8 Å². The minimum atomic E-state index is -0.446. The number of anilines is 1. The highest BCUT2D eigenvalue weighted by Crippen LogP contribution is 2.23. The molecule has 8 heteroatoms. The Hall–Kier alpha value is -3.26. The van der Waals surface area contributed by atoms with Gasteiger partial charge in [0.25, 0.3) is 5.69 Å². The third kappa shape index (κ3) is 6.12. The summed E-state index contributed by atoms with van der Waals surface area (Å²) in [7, 11) is 0. The van der Waals surface area contributed by atoms with Crippen LogP contribution < -0.4 is 5.32 Å². The molecule has 0 unspecified atom stereocenters. The second-order valence-corrected chi connectivity index (χ2v) is 7.70. The SMILES string of the molecule is CCCCc1ccc(NC(=O)CSc2ccc(-c3cccc([N+](=O)[O-])c3)nn2)cc1. The van der Waals surface area contributed by atoms with Crippen LogP contribution in [0, 0.1) is 10.1 Å². The number of thioether (sulfide) groups is 1. The third-order valence-electron chi connectivity index (χ3n) is 4.40. The predicted molar refractivity (Wildman–Crippen MR) is 119 cm³/mol. The molecule has 0 fully saturated rings. The van der Waals surface area contributed by atoms with Crippen LogP contribution in [0.3, 0.4) is 0 Å². The molecule has 0 bridgehead atoms. The van der Waals surface area contributed by atoms with E-state index < -0.39 is 4.92 Å². The van der Waals surface area contributed by atoms with Gasteiger partial charge in [0.1, 0.15) is 5.03 Å². The van der Waals surface area contributed by atoms with Crippen molar-refractivity contribution in [2.24, 2.45) is 0 Å². The molecule has 2 aromatic carbocycles. The van der Waals surface area contributed by atoms with E-state index in [0.29, 0.717) is 16.3 Å². The van der Waals surface area contributed by atoms with E-state index in [2.05, 4.69) is 22.4 Å². The van der Waals surface area contributed by atoms with Gasteiger partial charge in [0, 0.05) is 23.4 Å². The lowest BCUT2D eigenvalue weighted by Crippen LogP contribution is -2.14. The summed E-state index contributed by atoms with van der Waals surface area (Å²) in [5.74, 6) is 0.0912. The Balaban J connectivity index is 1.53. The third-order valence-corrected chi connectivity index (χ3v) is 5.32. The van der Waals surface area contributed by atoms with Crippen LogP contribution in [0.25, 0.3) is 11.3 Å². The first kappa shape index (κ1) is 21.4. The lowest BCUT2D eigenvalue weighted by molar-refractivity contribution is -0.384. The minimum absolute atomic E-state index is 0.00261. The van der Waals surface area contributed by atoms with Crippen molar-refractivity contribution in [1.82, 2.24) is 10.2 Å². The molecular formula is C22H22N4O3S. The van der Waals surface area contributed by atoms with E-state index >= 15 is 0 Å². The molecule has 154 valence electrons. The standard InChI is InChI=1S/C22H22N4O3S/c1-2-3-5-16-8-10-18(11-9-16)23-21(27)15-30-22-13-12-20(24-25-22)17-6-4-7-19(14-17)26(28)29/h4,6-14H,2-3,5,15H2,1H3,(H,23,27). The van der Waals surface area contributed by atoms with Crippen molar-refractivity contribution in [1.29, 1.82) is 0 Å². The molecule has 30 heavy (non-hydrogen) atoms. The Kier molecular flexibility index (Phi) is 7.51. The van der Waals surface area contributed by atoms with E-state index in [-0.39, 0.29) is 17.3 Å². The number of amides is 1. The molecule has 0 spiro atoms. The zero-order valence-electron chi connectivity index (χ0n) is 16.6. The van der Waals surface area contributed by atoms with Gasteiger partial charge in [-0.1, -0.05) is 49.4 Å². The summed E-state index contributed by atoms with van der Waals surface area (Å²) in [6.07, 6.45) is 3.36. The Morgan fingerprint density at radius 2 is 1.90 bits per heavy atom. The second kappa shape index (κ2) is 10.5. The van der Waals surface area contributed by atoms with E-state index in [0.717, 1.165) is 24.9 Å². The number of non-ortho nitro benzene ring substituents is 1. The molecule has 0 aliphatic carbocycles. The van der Waals surface area contributed by atoms with E-state index in [4.69, 9.17) is 0 Å². The minimum Gasteiger partial charge on any atom is -0.325 e. The zero-order valence-corrected chi connectivity index (χ0v) is 17.4. The number of hydrogen-bond donors (Lipinski definition) is 1. The number of aromatic nitrogens is 2. The fraction of sp³-hybridized carbons (Fsp3) is 0.227. The number of rotatable bonds is 9. The molecule has 3 aromatic rings. The van der Waals surface area contributed by atoms with Gasteiger partial charge in [0.05, 0.1) is 16.4 Å². The molecule has 0 saturated heterocycles. The van der Waals surface area contributed by atoms with Gasteiger partial charge < -0.3 is 5.32 Å². The summed E-state index contributed by atoms with van der Waals surface area (Å²) < 4.78 is 0. The van der Waals surface area contributed by atoms with Crippen LogP contribution >= 0.6 is 11.8 Å². The topological polar surface area (TPSA) is 98.0 Å². The number of nitro groups is 1. The van der Waals surface area contributed by atoms with Gasteiger partial charge in [-0.3, -0.25) is 14.9 Å². The maximum atomic E-state index is 12.2. The number of benzene rings is 2. The molecule has 0 radical (unpaired) electrons. The molecule has 1 heterocycles. The summed E-state index contributed by atoms with van der Waals surface area (Å²) in [4.78, 5) is 22.6. The number of nitrogens with zero attached hydrogens (tertiary/aromatic N) is 3. The largest absolute Gasteiger partial charge is 0.325 e. The molecule has 0 aliphatic rings. The van der Waals surface area contributed by atoms with Crippen LogP contribution in [0.4, 0.5) is 11.4 Å². The van der Waals surface area contributed by atoms with Gasteiger partial charge in [-0.05, 0) is 42.7 Å². The lowest BCUT2D eigenvalue weighted by atomic mass is 10.1. The quantitative estimate of drug-likeness (QED) is 0.292. The first-order chi connectivity index (χ1) is 14.5. The summed E-state index contributed by atoms with van der Waals surface area (Å²) in [6.45, 7) is 2.16. The van der Waals surface area contributed by atoms with Crippen molar-refractivity contribution in [3.05, 3.63) is 76.3 Å². The van der Waals surface area contributed by atoms with Gasteiger partial charge >= 0.3 is 0 Å². The summed E-state index contributed by atoms with van der Waals surface area (Å²) in [6, 6.07) is 17.6. The first-order valence-electron chi connectivity index (χ1n) is 9.65. The summed E-state index contributed by atoms with van der Waals surface area (Å²) >= 11 is 1.28. The van der Waals surface area contributed by atoms with E-state index in [1.54, 1.807) is 24.3 Å². The van der Waals surface area contributed by atoms with Gasteiger partial charge in [0.15, 0.2) is 0 Å². The number of unbranched alkanes of at least 4 members (excludes halogenated alkanes) is 1. The molecule has 1 aromatic heterocycles. The van der Waals surface area contributed by atoms with E-state index in [1.807, 2.05) is 24.3 Å². The number of nitro benzene ring substituents is 1. The Labute approximate surface area is 179 Å². The van der Waals surface area contributed by atoms with Crippen molar-refractivity contribution in [2.75, 3.05) is 11.1 Å². The van der Waals surface area contributed by atoms with Crippen molar-refractivity contribution >= 4 is 29.0 Å².